The van der Waals surface area contributed by atoms with E-state index in [-0.39, 0.29) is 0 Å². The van der Waals surface area contributed by atoms with Crippen LogP contribution in [0.2, 0.25) is 0 Å². The molecule has 258 valence electrons. The first-order chi connectivity index (χ1) is 27.3. The Morgan fingerprint density at radius 2 is 0.800 bits per heavy atom. The Labute approximate surface area is 322 Å². The van der Waals surface area contributed by atoms with Gasteiger partial charge in [-0.05, 0) is 114 Å². The van der Waals surface area contributed by atoms with Gasteiger partial charge in [-0.3, -0.25) is 0 Å². The maximum Gasteiger partial charge on any atom is 0.0546 e. The molecule has 0 amide bonds. The zero-order valence-electron chi connectivity index (χ0n) is 30.3. The third-order valence-corrected chi connectivity index (χ3v) is 10.8. The molecule has 0 saturated heterocycles. The topological polar surface area (TPSA) is 3.24 Å². The first kappa shape index (κ1) is 32.4. The number of fused-ring (bicyclic) bond motifs is 4. The van der Waals surface area contributed by atoms with Crippen LogP contribution in [-0.2, 0) is 0 Å². The molecule has 0 bridgehead atoms. The minimum Gasteiger partial charge on any atom is -0.310 e. The molecule has 0 saturated carbocycles. The van der Waals surface area contributed by atoms with Gasteiger partial charge in [-0.25, -0.2) is 0 Å². The predicted molar refractivity (Wildman–Crippen MR) is 235 cm³/mol. The maximum absolute atomic E-state index is 2.45. The molecular weight excluding hydrogens is 663 g/mol. The Morgan fingerprint density at radius 3 is 1.56 bits per heavy atom. The van der Waals surface area contributed by atoms with E-state index in [0.717, 1.165) is 17.1 Å². The van der Waals surface area contributed by atoms with Crippen molar-refractivity contribution in [1.82, 2.24) is 0 Å². The average molecular weight is 700 g/mol. The quantitative estimate of drug-likeness (QED) is 0.150. The Balaban J connectivity index is 1.28. The molecule has 0 N–H and O–H groups in total. The molecule has 0 spiro atoms. The molecule has 1 nitrogen and oxygen atoms in total. The van der Waals surface area contributed by atoms with E-state index in [2.05, 4.69) is 229 Å². The van der Waals surface area contributed by atoms with Crippen molar-refractivity contribution in [2.45, 2.75) is 0 Å². The molecule has 1 heteroatoms. The SMILES string of the molecule is c1ccc(-c2ccc(N(c3ccc4ccccc4c3)c3cccc(-c4cccc(-c5ccccc5)c4)c3-c3cc4ccccc4c4ccccc34)cc2)cc1. The summed E-state index contributed by atoms with van der Waals surface area (Å²) in [5, 5.41) is 7.38. The molecule has 0 radical (unpaired) electrons. The standard InChI is InChI=1S/C54H37N/c1-3-15-38(16-4-1)41-29-32-46(33-30-41)55(47-34-31-40-19-7-8-20-43(40)36-47)53-28-14-27-49(44-23-13-22-42(35-44)39-17-5-2-6-18-39)54(53)52-37-45-21-9-10-24-48(45)50-25-11-12-26-51(50)52/h1-37H. The van der Waals surface area contributed by atoms with E-state index >= 15 is 0 Å². The monoisotopic (exact) mass is 699 g/mol. The van der Waals surface area contributed by atoms with Gasteiger partial charge in [0.1, 0.15) is 0 Å². The third-order valence-electron chi connectivity index (χ3n) is 10.8. The number of rotatable bonds is 7. The van der Waals surface area contributed by atoms with Gasteiger partial charge in [0.2, 0.25) is 0 Å². The molecule has 10 aromatic rings. The van der Waals surface area contributed by atoms with Gasteiger partial charge in [0.25, 0.3) is 0 Å². The van der Waals surface area contributed by atoms with Crippen LogP contribution in [0.15, 0.2) is 224 Å². The van der Waals surface area contributed by atoms with E-state index in [1.165, 1.54) is 76.8 Å². The van der Waals surface area contributed by atoms with Crippen LogP contribution in [-0.4, -0.2) is 0 Å². The van der Waals surface area contributed by atoms with Crippen molar-refractivity contribution in [3.05, 3.63) is 224 Å². The minimum absolute atomic E-state index is 1.09. The minimum atomic E-state index is 1.09. The molecule has 0 aliphatic heterocycles. The van der Waals surface area contributed by atoms with Crippen LogP contribution >= 0.6 is 0 Å². The molecule has 0 fully saturated rings. The molecule has 10 rings (SSSR count). The smallest absolute Gasteiger partial charge is 0.0546 e. The van der Waals surface area contributed by atoms with Gasteiger partial charge in [-0.2, -0.15) is 0 Å². The number of anilines is 3. The van der Waals surface area contributed by atoms with Crippen LogP contribution in [0.1, 0.15) is 0 Å². The van der Waals surface area contributed by atoms with Crippen LogP contribution in [0, 0.1) is 0 Å². The number of nitrogens with zero attached hydrogens (tertiary/aromatic N) is 1. The van der Waals surface area contributed by atoms with E-state index in [4.69, 9.17) is 0 Å². The Kier molecular flexibility index (Phi) is 8.24. The van der Waals surface area contributed by atoms with Crippen LogP contribution in [0.3, 0.4) is 0 Å². The molecule has 55 heavy (non-hydrogen) atoms. The van der Waals surface area contributed by atoms with Crippen LogP contribution < -0.4 is 4.90 Å². The Hall–Kier alpha value is -7.22. The first-order valence-corrected chi connectivity index (χ1v) is 18.9. The second-order valence-corrected chi connectivity index (χ2v) is 14.1. The van der Waals surface area contributed by atoms with E-state index < -0.39 is 0 Å². The van der Waals surface area contributed by atoms with Gasteiger partial charge in [0.15, 0.2) is 0 Å². The molecule has 0 atom stereocenters. The van der Waals surface area contributed by atoms with E-state index in [1.54, 1.807) is 0 Å². The fourth-order valence-electron chi connectivity index (χ4n) is 8.18. The summed E-state index contributed by atoms with van der Waals surface area (Å²) in [4.78, 5) is 2.45. The second-order valence-electron chi connectivity index (χ2n) is 14.1. The normalized spacial score (nSPS) is 11.3. The van der Waals surface area contributed by atoms with Crippen LogP contribution in [0.4, 0.5) is 17.1 Å². The number of benzene rings is 10. The summed E-state index contributed by atoms with van der Waals surface area (Å²) in [6.45, 7) is 0. The lowest BCUT2D eigenvalue weighted by atomic mass is 9.86. The van der Waals surface area contributed by atoms with Crippen LogP contribution in [0.5, 0.6) is 0 Å². The molecule has 0 unspecified atom stereocenters. The lowest BCUT2D eigenvalue weighted by Gasteiger charge is -2.30. The Morgan fingerprint density at radius 1 is 0.255 bits per heavy atom. The first-order valence-electron chi connectivity index (χ1n) is 18.9. The fraction of sp³-hybridized carbons (Fsp3) is 0. The number of hydrogen-bond donors (Lipinski definition) is 0. The Bertz CT molecular complexity index is 2960. The zero-order valence-corrected chi connectivity index (χ0v) is 30.3. The number of hydrogen-bond acceptors (Lipinski definition) is 1. The molecule has 0 aliphatic carbocycles. The largest absolute Gasteiger partial charge is 0.310 e. The highest BCUT2D eigenvalue weighted by Crippen LogP contribution is 2.49. The van der Waals surface area contributed by atoms with Crippen molar-refractivity contribution in [2.24, 2.45) is 0 Å². The van der Waals surface area contributed by atoms with Crippen LogP contribution in [0.25, 0.3) is 76.8 Å². The van der Waals surface area contributed by atoms with Crippen molar-refractivity contribution in [1.29, 1.82) is 0 Å². The maximum atomic E-state index is 2.45. The van der Waals surface area contributed by atoms with E-state index in [0.29, 0.717) is 0 Å². The predicted octanol–water partition coefficient (Wildman–Crippen LogP) is 15.3. The highest BCUT2D eigenvalue weighted by Gasteiger charge is 2.23. The van der Waals surface area contributed by atoms with Crippen molar-refractivity contribution in [3.8, 4) is 44.5 Å². The summed E-state index contributed by atoms with van der Waals surface area (Å²) in [5.74, 6) is 0. The van der Waals surface area contributed by atoms with E-state index in [1.807, 2.05) is 0 Å². The van der Waals surface area contributed by atoms with Gasteiger partial charge < -0.3 is 4.90 Å². The summed E-state index contributed by atoms with van der Waals surface area (Å²) in [7, 11) is 0. The summed E-state index contributed by atoms with van der Waals surface area (Å²) >= 11 is 0. The molecule has 0 heterocycles. The second kappa shape index (κ2) is 14.0. The van der Waals surface area contributed by atoms with Gasteiger partial charge in [0, 0.05) is 16.9 Å². The lowest BCUT2D eigenvalue weighted by molar-refractivity contribution is 1.29. The van der Waals surface area contributed by atoms with Gasteiger partial charge in [0.05, 0.1) is 5.69 Å². The highest BCUT2D eigenvalue weighted by molar-refractivity contribution is 6.16. The van der Waals surface area contributed by atoms with Crippen molar-refractivity contribution >= 4 is 49.4 Å². The van der Waals surface area contributed by atoms with E-state index in [9.17, 15) is 0 Å². The zero-order chi connectivity index (χ0) is 36.6. The van der Waals surface area contributed by atoms with Gasteiger partial charge >= 0.3 is 0 Å². The van der Waals surface area contributed by atoms with Gasteiger partial charge in [-0.15, -0.1) is 0 Å². The molecule has 0 aromatic heterocycles. The molecular formula is C54H37N. The van der Waals surface area contributed by atoms with Crippen molar-refractivity contribution < 1.29 is 0 Å². The fourth-order valence-corrected chi connectivity index (χ4v) is 8.18. The summed E-state index contributed by atoms with van der Waals surface area (Å²) < 4.78 is 0. The lowest BCUT2D eigenvalue weighted by Crippen LogP contribution is -2.12. The third kappa shape index (κ3) is 6.02. The highest BCUT2D eigenvalue weighted by atomic mass is 15.1. The molecule has 10 aromatic carbocycles. The van der Waals surface area contributed by atoms with Gasteiger partial charge in [-0.1, -0.05) is 182 Å². The summed E-state index contributed by atoms with van der Waals surface area (Å²) in [5.41, 5.74) is 12.9. The average Bonchev–Trinajstić information content (AvgIpc) is 3.27. The summed E-state index contributed by atoms with van der Waals surface area (Å²) in [6.07, 6.45) is 0. The summed E-state index contributed by atoms with van der Waals surface area (Å²) in [6, 6.07) is 81.6. The molecule has 0 aliphatic rings. The van der Waals surface area contributed by atoms with Crippen molar-refractivity contribution in [3.63, 3.8) is 0 Å². The van der Waals surface area contributed by atoms with Crippen molar-refractivity contribution in [2.75, 3.05) is 4.90 Å².